The summed E-state index contributed by atoms with van der Waals surface area (Å²) in [6.07, 6.45) is 0.825. The van der Waals surface area contributed by atoms with Crippen molar-refractivity contribution in [1.29, 1.82) is 0 Å². The first-order valence-corrected chi connectivity index (χ1v) is 9.04. The SMILES string of the molecule is CCc1cccc(COC(=O)C(C)c2ccc(-c3ccccc3)c(F)c2)n1. The molecule has 0 N–H and O–H groups in total. The van der Waals surface area contributed by atoms with Crippen molar-refractivity contribution in [3.8, 4) is 11.1 Å². The first kappa shape index (κ1) is 18.8. The van der Waals surface area contributed by atoms with Gasteiger partial charge in [0, 0.05) is 11.3 Å². The molecular weight excluding hydrogens is 341 g/mol. The van der Waals surface area contributed by atoms with Crippen molar-refractivity contribution in [2.24, 2.45) is 0 Å². The number of pyridine rings is 1. The number of carbonyl (C=O) groups excluding carboxylic acids is 1. The highest BCUT2D eigenvalue weighted by molar-refractivity contribution is 5.78. The smallest absolute Gasteiger partial charge is 0.313 e. The third kappa shape index (κ3) is 4.59. The molecule has 0 amide bonds. The third-order valence-corrected chi connectivity index (χ3v) is 4.52. The van der Waals surface area contributed by atoms with Gasteiger partial charge in [-0.15, -0.1) is 0 Å². The number of carbonyl (C=O) groups is 1. The normalized spacial score (nSPS) is 11.8. The second-order valence-electron chi connectivity index (χ2n) is 6.41. The molecule has 27 heavy (non-hydrogen) atoms. The van der Waals surface area contributed by atoms with Crippen LogP contribution in [0.25, 0.3) is 11.1 Å². The molecule has 0 saturated carbocycles. The average Bonchev–Trinajstić information content (AvgIpc) is 2.72. The number of aromatic nitrogens is 1. The fraction of sp³-hybridized carbons (Fsp3) is 0.217. The standard InChI is InChI=1S/C23H22FNO2/c1-3-19-10-7-11-20(25-19)15-27-23(26)16(2)18-12-13-21(22(24)14-18)17-8-5-4-6-9-17/h4-14,16H,3,15H2,1-2H3. The van der Waals surface area contributed by atoms with Crippen molar-refractivity contribution < 1.29 is 13.9 Å². The Hall–Kier alpha value is -3.01. The van der Waals surface area contributed by atoms with E-state index in [-0.39, 0.29) is 12.4 Å². The summed E-state index contributed by atoms with van der Waals surface area (Å²) in [4.78, 5) is 16.8. The lowest BCUT2D eigenvalue weighted by Crippen LogP contribution is -2.14. The van der Waals surface area contributed by atoms with E-state index >= 15 is 0 Å². The van der Waals surface area contributed by atoms with Gasteiger partial charge < -0.3 is 4.74 Å². The van der Waals surface area contributed by atoms with Gasteiger partial charge in [-0.05, 0) is 42.7 Å². The summed E-state index contributed by atoms with van der Waals surface area (Å²) in [6.45, 7) is 3.85. The Bertz CT molecular complexity index is 925. The Morgan fingerprint density at radius 3 is 2.48 bits per heavy atom. The molecule has 1 unspecified atom stereocenters. The van der Waals surface area contributed by atoms with Gasteiger partial charge in [-0.3, -0.25) is 9.78 Å². The largest absolute Gasteiger partial charge is 0.459 e. The van der Waals surface area contributed by atoms with Crippen molar-refractivity contribution in [3.05, 3.63) is 89.5 Å². The van der Waals surface area contributed by atoms with Crippen molar-refractivity contribution in [3.63, 3.8) is 0 Å². The van der Waals surface area contributed by atoms with Crippen LogP contribution in [0.5, 0.6) is 0 Å². The lowest BCUT2D eigenvalue weighted by atomic mass is 9.97. The van der Waals surface area contributed by atoms with Crippen molar-refractivity contribution in [2.45, 2.75) is 32.8 Å². The van der Waals surface area contributed by atoms with Crippen LogP contribution in [0.15, 0.2) is 66.7 Å². The van der Waals surface area contributed by atoms with Gasteiger partial charge in [0.05, 0.1) is 11.6 Å². The van der Waals surface area contributed by atoms with Crippen molar-refractivity contribution in [2.75, 3.05) is 0 Å². The first-order valence-electron chi connectivity index (χ1n) is 9.04. The summed E-state index contributed by atoms with van der Waals surface area (Å²) >= 11 is 0. The molecule has 0 saturated heterocycles. The molecule has 0 radical (unpaired) electrons. The van der Waals surface area contributed by atoms with E-state index < -0.39 is 11.9 Å². The highest BCUT2D eigenvalue weighted by Crippen LogP contribution is 2.26. The summed E-state index contributed by atoms with van der Waals surface area (Å²) in [5.41, 5.74) is 3.57. The minimum absolute atomic E-state index is 0.113. The van der Waals surface area contributed by atoms with Crippen molar-refractivity contribution >= 4 is 5.97 Å². The van der Waals surface area contributed by atoms with E-state index in [0.717, 1.165) is 17.7 Å². The summed E-state index contributed by atoms with van der Waals surface area (Å²) < 4.78 is 19.9. The van der Waals surface area contributed by atoms with Gasteiger partial charge in [-0.25, -0.2) is 4.39 Å². The van der Waals surface area contributed by atoms with Gasteiger partial charge in [-0.2, -0.15) is 0 Å². The van der Waals surface area contributed by atoms with Crippen molar-refractivity contribution in [1.82, 2.24) is 4.98 Å². The summed E-state index contributed by atoms with van der Waals surface area (Å²) in [7, 11) is 0. The number of aryl methyl sites for hydroxylation is 1. The molecule has 0 aliphatic rings. The van der Waals surface area contributed by atoms with Gasteiger partial charge >= 0.3 is 5.97 Å². The molecule has 0 aliphatic carbocycles. The number of hydrogen-bond donors (Lipinski definition) is 0. The van der Waals surface area contributed by atoms with E-state index in [4.69, 9.17) is 4.74 Å². The molecule has 4 heteroatoms. The third-order valence-electron chi connectivity index (χ3n) is 4.52. The second kappa shape index (κ2) is 8.58. The average molecular weight is 363 g/mol. The topological polar surface area (TPSA) is 39.2 Å². The Morgan fingerprint density at radius 1 is 1.04 bits per heavy atom. The highest BCUT2D eigenvalue weighted by atomic mass is 19.1. The first-order chi connectivity index (χ1) is 13.1. The number of ether oxygens (including phenoxy) is 1. The zero-order valence-corrected chi connectivity index (χ0v) is 15.5. The number of hydrogen-bond acceptors (Lipinski definition) is 3. The van der Waals surface area contributed by atoms with Crippen LogP contribution in [-0.2, 0) is 22.6 Å². The van der Waals surface area contributed by atoms with Gasteiger partial charge in [0.1, 0.15) is 12.4 Å². The predicted octanol–water partition coefficient (Wildman–Crippen LogP) is 5.30. The van der Waals surface area contributed by atoms with Crippen LogP contribution in [0.3, 0.4) is 0 Å². The quantitative estimate of drug-likeness (QED) is 0.558. The van der Waals surface area contributed by atoms with E-state index in [2.05, 4.69) is 4.98 Å². The molecule has 138 valence electrons. The number of halogens is 1. The number of rotatable bonds is 6. The Labute approximate surface area is 158 Å². The summed E-state index contributed by atoms with van der Waals surface area (Å²) in [5.74, 6) is -1.31. The molecule has 1 aromatic heterocycles. The number of benzene rings is 2. The van der Waals surface area contributed by atoms with Crippen LogP contribution >= 0.6 is 0 Å². The van der Waals surface area contributed by atoms with E-state index in [1.54, 1.807) is 19.1 Å². The zero-order valence-electron chi connectivity index (χ0n) is 15.5. The maximum atomic E-state index is 14.5. The van der Waals surface area contributed by atoms with Gasteiger partial charge in [0.15, 0.2) is 0 Å². The van der Waals surface area contributed by atoms with Crippen LogP contribution in [-0.4, -0.2) is 11.0 Å². The highest BCUT2D eigenvalue weighted by Gasteiger charge is 2.19. The molecule has 3 rings (SSSR count). The van der Waals surface area contributed by atoms with Gasteiger partial charge in [-0.1, -0.05) is 55.5 Å². The van der Waals surface area contributed by atoms with Crippen LogP contribution in [0.1, 0.15) is 36.7 Å². The fourth-order valence-corrected chi connectivity index (χ4v) is 2.87. The summed E-state index contributed by atoms with van der Waals surface area (Å²) in [5, 5.41) is 0. The second-order valence-corrected chi connectivity index (χ2v) is 6.41. The van der Waals surface area contributed by atoms with Crippen LogP contribution in [0, 0.1) is 5.82 Å². The van der Waals surface area contributed by atoms with Crippen LogP contribution < -0.4 is 0 Å². The Balaban J connectivity index is 1.68. The molecule has 0 fully saturated rings. The zero-order chi connectivity index (χ0) is 19.2. The minimum atomic E-state index is -0.557. The molecule has 3 nitrogen and oxygen atoms in total. The van der Waals surface area contributed by atoms with E-state index in [1.165, 1.54) is 6.07 Å². The van der Waals surface area contributed by atoms with Gasteiger partial charge in [0.25, 0.3) is 0 Å². The maximum absolute atomic E-state index is 14.5. The molecule has 0 aliphatic heterocycles. The number of nitrogens with zero attached hydrogens (tertiary/aromatic N) is 1. The van der Waals surface area contributed by atoms with Crippen LogP contribution in [0.4, 0.5) is 4.39 Å². The Morgan fingerprint density at radius 2 is 1.78 bits per heavy atom. The monoisotopic (exact) mass is 363 g/mol. The molecule has 1 heterocycles. The molecule has 0 bridgehead atoms. The summed E-state index contributed by atoms with van der Waals surface area (Å²) in [6, 6.07) is 19.9. The van der Waals surface area contributed by atoms with E-state index in [0.29, 0.717) is 16.8 Å². The maximum Gasteiger partial charge on any atom is 0.313 e. The fourth-order valence-electron chi connectivity index (χ4n) is 2.87. The van der Waals surface area contributed by atoms with Gasteiger partial charge in [0.2, 0.25) is 0 Å². The number of esters is 1. The Kier molecular flexibility index (Phi) is 5.97. The molecule has 0 spiro atoms. The van der Waals surface area contributed by atoms with E-state index in [9.17, 15) is 9.18 Å². The minimum Gasteiger partial charge on any atom is -0.459 e. The van der Waals surface area contributed by atoms with E-state index in [1.807, 2.05) is 55.5 Å². The molecule has 1 atom stereocenters. The predicted molar refractivity (Wildman–Crippen MR) is 104 cm³/mol. The lowest BCUT2D eigenvalue weighted by Gasteiger charge is -2.13. The lowest BCUT2D eigenvalue weighted by molar-refractivity contribution is -0.146. The van der Waals surface area contributed by atoms with Crippen LogP contribution in [0.2, 0.25) is 0 Å². The molecular formula is C23H22FNO2. The molecule has 3 aromatic rings. The molecule has 2 aromatic carbocycles.